The molecule has 1 atom stereocenters. The third-order valence-electron chi connectivity index (χ3n) is 3.56. The molecule has 5 heteroatoms. The summed E-state index contributed by atoms with van der Waals surface area (Å²) >= 11 is 2.06. The number of thioether (sulfide) groups is 1. The number of hydrogen-bond acceptors (Lipinski definition) is 4. The molecule has 1 unspecified atom stereocenters. The number of aromatic nitrogens is 3. The Balaban J connectivity index is 1.91. The van der Waals surface area contributed by atoms with Gasteiger partial charge in [-0.05, 0) is 37.1 Å². The summed E-state index contributed by atoms with van der Waals surface area (Å²) < 4.78 is 2.18. The van der Waals surface area contributed by atoms with Crippen LogP contribution in [0.1, 0.15) is 25.1 Å². The lowest BCUT2D eigenvalue weighted by Gasteiger charge is -2.11. The molecule has 1 aliphatic heterocycles. The van der Waals surface area contributed by atoms with Crippen LogP contribution >= 0.6 is 11.8 Å². The van der Waals surface area contributed by atoms with E-state index in [1.54, 1.807) is 0 Å². The zero-order chi connectivity index (χ0) is 13.1. The van der Waals surface area contributed by atoms with Gasteiger partial charge in [0.2, 0.25) is 0 Å². The minimum Gasteiger partial charge on any atom is -0.396 e. The topological polar surface area (TPSA) is 50.9 Å². The fourth-order valence-corrected chi connectivity index (χ4v) is 3.90. The van der Waals surface area contributed by atoms with Gasteiger partial charge in [-0.1, -0.05) is 0 Å². The smallest absolute Gasteiger partial charge is 0.159 e. The second-order valence-corrected chi connectivity index (χ2v) is 6.35. The predicted molar refractivity (Wildman–Crippen MR) is 78.4 cm³/mol. The van der Waals surface area contributed by atoms with E-state index >= 15 is 0 Å². The lowest BCUT2D eigenvalue weighted by Crippen LogP contribution is -2.11. The van der Waals surface area contributed by atoms with Gasteiger partial charge in [0.05, 0.1) is 0 Å². The second kappa shape index (κ2) is 5.92. The van der Waals surface area contributed by atoms with E-state index in [-0.39, 0.29) is 6.61 Å². The van der Waals surface area contributed by atoms with Gasteiger partial charge in [-0.25, -0.2) is 9.97 Å². The van der Waals surface area contributed by atoms with E-state index in [0.29, 0.717) is 5.25 Å². The Hall–Kier alpha value is -1.07. The lowest BCUT2D eigenvalue weighted by molar-refractivity contribution is 0.279. The summed E-state index contributed by atoms with van der Waals surface area (Å²) in [6.07, 6.45) is 6.21. The first-order valence-electron chi connectivity index (χ1n) is 6.91. The Morgan fingerprint density at radius 2 is 2.42 bits per heavy atom. The molecule has 0 bridgehead atoms. The van der Waals surface area contributed by atoms with E-state index in [2.05, 4.69) is 21.3 Å². The summed E-state index contributed by atoms with van der Waals surface area (Å²) in [5.41, 5.74) is 1.92. The van der Waals surface area contributed by atoms with Crippen LogP contribution in [-0.2, 0) is 13.0 Å². The van der Waals surface area contributed by atoms with Crippen molar-refractivity contribution in [3.63, 3.8) is 0 Å². The molecule has 0 aromatic carbocycles. The van der Waals surface area contributed by atoms with Gasteiger partial charge in [0.1, 0.15) is 11.3 Å². The van der Waals surface area contributed by atoms with Crippen molar-refractivity contribution in [2.24, 2.45) is 0 Å². The minimum atomic E-state index is 0.212. The number of nitrogens with zero attached hydrogens (tertiary/aromatic N) is 3. The highest BCUT2D eigenvalue weighted by atomic mass is 32.2. The Labute approximate surface area is 117 Å². The van der Waals surface area contributed by atoms with Crippen molar-refractivity contribution in [1.29, 1.82) is 0 Å². The Morgan fingerprint density at radius 1 is 1.47 bits per heavy atom. The van der Waals surface area contributed by atoms with Crippen molar-refractivity contribution in [2.75, 3.05) is 12.4 Å². The normalized spacial score (nSPS) is 19.3. The molecule has 2 aromatic rings. The van der Waals surface area contributed by atoms with Crippen LogP contribution in [0.25, 0.3) is 11.2 Å². The van der Waals surface area contributed by atoms with Gasteiger partial charge in [-0.2, -0.15) is 11.8 Å². The van der Waals surface area contributed by atoms with Crippen LogP contribution in [0.15, 0.2) is 18.3 Å². The second-order valence-electron chi connectivity index (χ2n) is 4.94. The van der Waals surface area contributed by atoms with Gasteiger partial charge in [-0.15, -0.1) is 0 Å². The molecular formula is C14H19N3OS. The predicted octanol–water partition coefficient (Wildman–Crippen LogP) is 2.25. The average molecular weight is 277 g/mol. The van der Waals surface area contributed by atoms with Crippen molar-refractivity contribution < 1.29 is 5.11 Å². The molecule has 0 aliphatic carbocycles. The first-order chi connectivity index (χ1) is 9.38. The molecule has 3 rings (SSSR count). The van der Waals surface area contributed by atoms with Crippen molar-refractivity contribution in [1.82, 2.24) is 14.5 Å². The monoisotopic (exact) mass is 277 g/mol. The molecule has 3 heterocycles. The van der Waals surface area contributed by atoms with Gasteiger partial charge in [0.15, 0.2) is 5.65 Å². The summed E-state index contributed by atoms with van der Waals surface area (Å²) in [4.78, 5) is 9.18. The Kier molecular flexibility index (Phi) is 4.03. The van der Waals surface area contributed by atoms with Crippen LogP contribution < -0.4 is 0 Å². The van der Waals surface area contributed by atoms with Crippen LogP contribution in [-0.4, -0.2) is 37.3 Å². The largest absolute Gasteiger partial charge is 0.396 e. The highest BCUT2D eigenvalue weighted by Crippen LogP contribution is 2.29. The molecule has 1 fully saturated rings. The maximum Gasteiger partial charge on any atom is 0.159 e. The van der Waals surface area contributed by atoms with Crippen molar-refractivity contribution in [3.05, 3.63) is 24.2 Å². The summed E-state index contributed by atoms with van der Waals surface area (Å²) in [5, 5.41) is 9.75. The van der Waals surface area contributed by atoms with E-state index < -0.39 is 0 Å². The highest BCUT2D eigenvalue weighted by molar-refractivity contribution is 8.00. The number of hydrogen-bond donors (Lipinski definition) is 1. The number of imidazole rings is 1. The molecular weight excluding hydrogens is 258 g/mol. The standard InChI is InChI=1S/C14H19N3OS/c18-8-3-7-17-13(10-11-4-2-9-19-11)16-12-5-1-6-15-14(12)17/h1,5-6,11,18H,2-4,7-10H2. The van der Waals surface area contributed by atoms with Gasteiger partial charge < -0.3 is 9.67 Å². The molecule has 0 radical (unpaired) electrons. The molecule has 102 valence electrons. The van der Waals surface area contributed by atoms with E-state index in [0.717, 1.165) is 36.4 Å². The molecule has 0 amide bonds. The van der Waals surface area contributed by atoms with E-state index in [1.807, 2.05) is 18.3 Å². The van der Waals surface area contributed by atoms with E-state index in [1.165, 1.54) is 18.6 Å². The summed E-state index contributed by atoms with van der Waals surface area (Å²) in [5.74, 6) is 2.40. The van der Waals surface area contributed by atoms with Crippen molar-refractivity contribution >= 4 is 22.9 Å². The molecule has 2 aromatic heterocycles. The zero-order valence-electron chi connectivity index (χ0n) is 11.0. The minimum absolute atomic E-state index is 0.212. The van der Waals surface area contributed by atoms with Gasteiger partial charge in [0.25, 0.3) is 0 Å². The fraction of sp³-hybridized carbons (Fsp3) is 0.571. The van der Waals surface area contributed by atoms with E-state index in [9.17, 15) is 0 Å². The molecule has 1 saturated heterocycles. The quantitative estimate of drug-likeness (QED) is 0.910. The van der Waals surface area contributed by atoms with Crippen molar-refractivity contribution in [3.8, 4) is 0 Å². The molecule has 1 N–H and O–H groups in total. The first-order valence-corrected chi connectivity index (χ1v) is 7.96. The van der Waals surface area contributed by atoms with Crippen LogP contribution in [0.3, 0.4) is 0 Å². The Morgan fingerprint density at radius 3 is 3.21 bits per heavy atom. The van der Waals surface area contributed by atoms with Gasteiger partial charge >= 0.3 is 0 Å². The number of pyridine rings is 1. The van der Waals surface area contributed by atoms with E-state index in [4.69, 9.17) is 10.1 Å². The number of rotatable bonds is 5. The maximum absolute atomic E-state index is 9.05. The van der Waals surface area contributed by atoms with Gasteiger partial charge in [0, 0.05) is 31.0 Å². The number of aliphatic hydroxyl groups is 1. The fourth-order valence-electron chi connectivity index (χ4n) is 2.63. The molecule has 19 heavy (non-hydrogen) atoms. The summed E-state index contributed by atoms with van der Waals surface area (Å²) in [6.45, 7) is 1.01. The molecule has 4 nitrogen and oxygen atoms in total. The highest BCUT2D eigenvalue weighted by Gasteiger charge is 2.20. The maximum atomic E-state index is 9.05. The molecule has 0 spiro atoms. The first kappa shape index (κ1) is 12.9. The Bertz CT molecular complexity index is 549. The molecule has 0 saturated carbocycles. The van der Waals surface area contributed by atoms with Crippen LogP contribution in [0, 0.1) is 0 Å². The number of fused-ring (bicyclic) bond motifs is 1. The van der Waals surface area contributed by atoms with Gasteiger partial charge in [-0.3, -0.25) is 0 Å². The summed E-state index contributed by atoms with van der Waals surface area (Å²) in [6, 6.07) is 3.95. The number of aliphatic hydroxyl groups excluding tert-OH is 1. The molecule has 1 aliphatic rings. The van der Waals surface area contributed by atoms with Crippen LogP contribution in [0.2, 0.25) is 0 Å². The SMILES string of the molecule is OCCCn1c(CC2CCCS2)nc2cccnc21. The third-order valence-corrected chi connectivity index (χ3v) is 4.96. The summed E-state index contributed by atoms with van der Waals surface area (Å²) in [7, 11) is 0. The van der Waals surface area contributed by atoms with Crippen LogP contribution in [0.4, 0.5) is 0 Å². The zero-order valence-corrected chi connectivity index (χ0v) is 11.8. The number of aryl methyl sites for hydroxylation is 1. The average Bonchev–Trinajstić information content (AvgIpc) is 3.04. The van der Waals surface area contributed by atoms with Crippen LogP contribution in [0.5, 0.6) is 0 Å². The lowest BCUT2D eigenvalue weighted by atomic mass is 10.2. The third kappa shape index (κ3) is 2.77. The van der Waals surface area contributed by atoms with Crippen molar-refractivity contribution in [2.45, 2.75) is 37.5 Å².